The number of para-hydroxylation sites is 1. The fraction of sp³-hybridized carbons (Fsp3) is 0.611. The summed E-state index contributed by atoms with van der Waals surface area (Å²) >= 11 is 0. The predicted octanol–water partition coefficient (Wildman–Crippen LogP) is 3.64. The maximum absolute atomic E-state index is 13.0. The normalized spacial score (nSPS) is 22.2. The lowest BCUT2D eigenvalue weighted by Gasteiger charge is -2.38. The predicted molar refractivity (Wildman–Crippen MR) is 83.2 cm³/mol. The van der Waals surface area contributed by atoms with Crippen molar-refractivity contribution in [1.82, 2.24) is 4.90 Å². The van der Waals surface area contributed by atoms with Crippen molar-refractivity contribution in [3.05, 3.63) is 30.3 Å². The molecule has 1 saturated carbocycles. The van der Waals surface area contributed by atoms with E-state index in [0.29, 0.717) is 0 Å². The van der Waals surface area contributed by atoms with Crippen LogP contribution in [0.3, 0.4) is 0 Å². The summed E-state index contributed by atoms with van der Waals surface area (Å²) in [6.07, 6.45) is 6.12. The molecule has 0 radical (unpaired) electrons. The Hall–Kier alpha value is -1.51. The minimum atomic E-state index is -0.609. The molecule has 2 fully saturated rings. The van der Waals surface area contributed by atoms with Gasteiger partial charge in [-0.05, 0) is 56.6 Å². The molecule has 1 saturated heterocycles. The van der Waals surface area contributed by atoms with Crippen molar-refractivity contribution in [2.24, 2.45) is 5.92 Å². The minimum Gasteiger partial charge on any atom is -0.477 e. The Morgan fingerprint density at radius 2 is 1.76 bits per heavy atom. The Morgan fingerprint density at radius 1 is 1.14 bits per heavy atom. The van der Waals surface area contributed by atoms with Gasteiger partial charge < -0.3 is 9.64 Å². The smallest absolute Gasteiger partial charge is 0.266 e. The Bertz CT molecular complexity index is 471. The number of carbonyl (C=O) groups is 1. The van der Waals surface area contributed by atoms with Crippen molar-refractivity contribution in [3.63, 3.8) is 0 Å². The number of piperidine rings is 1. The van der Waals surface area contributed by atoms with Gasteiger partial charge in [0.15, 0.2) is 5.60 Å². The van der Waals surface area contributed by atoms with Crippen molar-refractivity contribution in [2.45, 2.75) is 51.0 Å². The fourth-order valence-corrected chi connectivity index (χ4v) is 3.52. The molecule has 1 aromatic carbocycles. The molecule has 0 spiro atoms. The van der Waals surface area contributed by atoms with Crippen LogP contribution in [0.2, 0.25) is 0 Å². The van der Waals surface area contributed by atoms with Crippen molar-refractivity contribution in [1.29, 1.82) is 0 Å². The fourth-order valence-electron chi connectivity index (χ4n) is 3.52. The quantitative estimate of drug-likeness (QED) is 0.849. The number of hydrogen-bond acceptors (Lipinski definition) is 2. The van der Waals surface area contributed by atoms with Crippen LogP contribution in [0.15, 0.2) is 30.3 Å². The largest absolute Gasteiger partial charge is 0.477 e. The molecule has 1 aliphatic carbocycles. The summed E-state index contributed by atoms with van der Waals surface area (Å²) in [4.78, 5) is 15.1. The standard InChI is InChI=1S/C18H25NO2/c1-15-9-13-19(14-10-15)17(20)18(11-5-6-12-18)21-16-7-3-2-4-8-16/h2-4,7-8,15H,5-6,9-14H2,1H3. The summed E-state index contributed by atoms with van der Waals surface area (Å²) in [7, 11) is 0. The van der Waals surface area contributed by atoms with Crippen LogP contribution in [0.25, 0.3) is 0 Å². The Kier molecular flexibility index (Phi) is 4.18. The zero-order chi connectivity index (χ0) is 14.7. The summed E-state index contributed by atoms with van der Waals surface area (Å²) in [5, 5.41) is 0. The second kappa shape index (κ2) is 6.08. The highest BCUT2D eigenvalue weighted by Crippen LogP contribution is 2.37. The van der Waals surface area contributed by atoms with Gasteiger partial charge in [0.1, 0.15) is 5.75 Å². The molecule has 1 heterocycles. The summed E-state index contributed by atoms with van der Waals surface area (Å²) in [5.41, 5.74) is -0.609. The van der Waals surface area contributed by atoms with Gasteiger partial charge in [0.05, 0.1) is 0 Å². The number of benzene rings is 1. The van der Waals surface area contributed by atoms with Crippen LogP contribution in [0.1, 0.15) is 45.4 Å². The maximum Gasteiger partial charge on any atom is 0.266 e. The second-order valence-corrected chi connectivity index (χ2v) is 6.59. The maximum atomic E-state index is 13.0. The van der Waals surface area contributed by atoms with Gasteiger partial charge in [0, 0.05) is 13.1 Å². The third kappa shape index (κ3) is 3.07. The first-order chi connectivity index (χ1) is 10.2. The SMILES string of the molecule is CC1CCN(C(=O)C2(Oc3ccccc3)CCCC2)CC1. The molecule has 1 aromatic rings. The van der Waals surface area contributed by atoms with E-state index in [9.17, 15) is 4.79 Å². The monoisotopic (exact) mass is 287 g/mol. The van der Waals surface area contributed by atoms with Crippen molar-refractivity contribution >= 4 is 5.91 Å². The molecular weight excluding hydrogens is 262 g/mol. The Morgan fingerprint density at radius 3 is 2.38 bits per heavy atom. The zero-order valence-electron chi connectivity index (χ0n) is 12.9. The van der Waals surface area contributed by atoms with Crippen LogP contribution in [0.5, 0.6) is 5.75 Å². The van der Waals surface area contributed by atoms with Crippen LogP contribution in [0.4, 0.5) is 0 Å². The van der Waals surface area contributed by atoms with Gasteiger partial charge in [0.2, 0.25) is 0 Å². The van der Waals surface area contributed by atoms with Crippen LogP contribution in [-0.4, -0.2) is 29.5 Å². The van der Waals surface area contributed by atoms with E-state index in [1.807, 2.05) is 35.2 Å². The first-order valence-electron chi connectivity index (χ1n) is 8.23. The number of likely N-dealkylation sites (tertiary alicyclic amines) is 1. The topological polar surface area (TPSA) is 29.5 Å². The van der Waals surface area contributed by atoms with Gasteiger partial charge in [0.25, 0.3) is 5.91 Å². The van der Waals surface area contributed by atoms with E-state index >= 15 is 0 Å². The molecule has 1 aliphatic heterocycles. The van der Waals surface area contributed by atoms with E-state index in [1.54, 1.807) is 0 Å². The molecule has 0 N–H and O–H groups in total. The molecule has 3 nitrogen and oxygen atoms in total. The van der Waals surface area contributed by atoms with Gasteiger partial charge >= 0.3 is 0 Å². The van der Waals surface area contributed by atoms with Crippen LogP contribution in [0, 0.1) is 5.92 Å². The molecule has 0 atom stereocenters. The number of hydrogen-bond donors (Lipinski definition) is 0. The van der Waals surface area contributed by atoms with E-state index in [1.165, 1.54) is 0 Å². The number of rotatable bonds is 3. The van der Waals surface area contributed by atoms with Gasteiger partial charge in [-0.15, -0.1) is 0 Å². The third-order valence-electron chi connectivity index (χ3n) is 4.93. The molecular formula is C18H25NO2. The van der Waals surface area contributed by atoms with Gasteiger partial charge in [-0.25, -0.2) is 0 Å². The lowest BCUT2D eigenvalue weighted by molar-refractivity contribution is -0.149. The average Bonchev–Trinajstić information content (AvgIpc) is 2.98. The van der Waals surface area contributed by atoms with E-state index in [-0.39, 0.29) is 5.91 Å². The first kappa shape index (κ1) is 14.4. The Balaban J connectivity index is 1.75. The summed E-state index contributed by atoms with van der Waals surface area (Å²) in [6.45, 7) is 4.05. The summed E-state index contributed by atoms with van der Waals surface area (Å²) in [6, 6.07) is 9.80. The molecule has 0 unspecified atom stereocenters. The number of carbonyl (C=O) groups excluding carboxylic acids is 1. The van der Waals surface area contributed by atoms with Crippen molar-refractivity contribution in [3.8, 4) is 5.75 Å². The number of amides is 1. The van der Waals surface area contributed by atoms with Crippen molar-refractivity contribution < 1.29 is 9.53 Å². The molecule has 0 bridgehead atoms. The van der Waals surface area contributed by atoms with Gasteiger partial charge in [-0.3, -0.25) is 4.79 Å². The van der Waals surface area contributed by atoms with E-state index in [0.717, 1.165) is 63.3 Å². The highest BCUT2D eigenvalue weighted by Gasteiger charge is 2.46. The lowest BCUT2D eigenvalue weighted by Crippen LogP contribution is -2.53. The number of nitrogens with zero attached hydrogens (tertiary/aromatic N) is 1. The summed E-state index contributed by atoms with van der Waals surface area (Å²) < 4.78 is 6.21. The lowest BCUT2D eigenvalue weighted by atomic mass is 9.94. The van der Waals surface area contributed by atoms with Gasteiger partial charge in [-0.2, -0.15) is 0 Å². The highest BCUT2D eigenvalue weighted by molar-refractivity contribution is 5.86. The average molecular weight is 287 g/mol. The molecule has 2 aliphatic rings. The summed E-state index contributed by atoms with van der Waals surface area (Å²) in [5.74, 6) is 1.78. The van der Waals surface area contributed by atoms with E-state index in [4.69, 9.17) is 4.74 Å². The third-order valence-corrected chi connectivity index (χ3v) is 4.93. The molecule has 114 valence electrons. The first-order valence-corrected chi connectivity index (χ1v) is 8.23. The minimum absolute atomic E-state index is 0.218. The number of ether oxygens (including phenoxy) is 1. The van der Waals surface area contributed by atoms with Crippen LogP contribution < -0.4 is 4.74 Å². The second-order valence-electron chi connectivity index (χ2n) is 6.59. The zero-order valence-corrected chi connectivity index (χ0v) is 12.9. The highest BCUT2D eigenvalue weighted by atomic mass is 16.5. The van der Waals surface area contributed by atoms with E-state index in [2.05, 4.69) is 6.92 Å². The van der Waals surface area contributed by atoms with E-state index < -0.39 is 5.60 Å². The molecule has 21 heavy (non-hydrogen) atoms. The van der Waals surface area contributed by atoms with Crippen LogP contribution >= 0.6 is 0 Å². The van der Waals surface area contributed by atoms with Gasteiger partial charge in [-0.1, -0.05) is 25.1 Å². The molecule has 3 heteroatoms. The molecule has 3 rings (SSSR count). The van der Waals surface area contributed by atoms with Crippen LogP contribution in [-0.2, 0) is 4.79 Å². The molecule has 1 amide bonds. The Labute approximate surface area is 127 Å². The van der Waals surface area contributed by atoms with Crippen molar-refractivity contribution in [2.75, 3.05) is 13.1 Å². The molecule has 0 aromatic heterocycles.